The summed E-state index contributed by atoms with van der Waals surface area (Å²) in [6, 6.07) is 10.5. The van der Waals surface area contributed by atoms with Crippen molar-refractivity contribution in [1.82, 2.24) is 4.90 Å². The minimum absolute atomic E-state index is 0.0999. The predicted octanol–water partition coefficient (Wildman–Crippen LogP) is 5.97. The van der Waals surface area contributed by atoms with Gasteiger partial charge in [0.05, 0.1) is 17.3 Å². The molecule has 1 N–H and O–H groups in total. The van der Waals surface area contributed by atoms with Crippen molar-refractivity contribution in [3.63, 3.8) is 0 Å². The quantitative estimate of drug-likeness (QED) is 0.219. The number of non-ortho nitro benzene ring substituents is 1. The summed E-state index contributed by atoms with van der Waals surface area (Å²) in [4.78, 5) is 40.0. The molecule has 188 valence electrons. The molecule has 0 aliphatic carbocycles. The van der Waals surface area contributed by atoms with E-state index in [0.29, 0.717) is 35.0 Å². The highest BCUT2D eigenvalue weighted by Crippen LogP contribution is 2.38. The molecule has 9 heteroatoms. The largest absolute Gasteiger partial charge is 0.494 e. The van der Waals surface area contributed by atoms with Gasteiger partial charge >= 0.3 is 0 Å². The lowest BCUT2D eigenvalue weighted by molar-refractivity contribution is -0.385. The van der Waals surface area contributed by atoms with Gasteiger partial charge in [-0.25, -0.2) is 0 Å². The zero-order chi connectivity index (χ0) is 25.2. The molecule has 0 bridgehead atoms. The Morgan fingerprint density at radius 1 is 1.11 bits per heavy atom. The van der Waals surface area contributed by atoms with Crippen molar-refractivity contribution in [3.8, 4) is 5.75 Å². The number of rotatable bonds is 12. The zero-order valence-electron chi connectivity index (χ0n) is 20.3. The van der Waals surface area contributed by atoms with E-state index >= 15 is 0 Å². The highest BCUT2D eigenvalue weighted by molar-refractivity contribution is 8.00. The molecule has 2 aromatic carbocycles. The summed E-state index contributed by atoms with van der Waals surface area (Å²) in [6.07, 6.45) is 6.31. The third-order valence-corrected chi connectivity index (χ3v) is 6.99. The second-order valence-corrected chi connectivity index (χ2v) is 9.49. The van der Waals surface area contributed by atoms with Crippen LogP contribution in [0.25, 0.3) is 0 Å². The number of hydrogen-bond donors (Lipinski definition) is 1. The molecule has 8 nitrogen and oxygen atoms in total. The van der Waals surface area contributed by atoms with Gasteiger partial charge in [0.15, 0.2) is 0 Å². The van der Waals surface area contributed by atoms with Gasteiger partial charge in [0, 0.05) is 34.8 Å². The fraction of sp³-hybridized carbons (Fsp3) is 0.462. The van der Waals surface area contributed by atoms with E-state index in [1.54, 1.807) is 35.2 Å². The van der Waals surface area contributed by atoms with E-state index in [1.165, 1.54) is 30.3 Å². The first-order valence-electron chi connectivity index (χ1n) is 12.2. The fourth-order valence-corrected chi connectivity index (χ4v) is 5.09. The maximum atomic E-state index is 13.6. The van der Waals surface area contributed by atoms with E-state index in [9.17, 15) is 19.7 Å². The molecular formula is C26H33N3O5S. The smallest absolute Gasteiger partial charge is 0.269 e. The third-order valence-electron chi connectivity index (χ3n) is 5.92. The fourth-order valence-electron chi connectivity index (χ4n) is 4.14. The Bertz CT molecular complexity index is 1030. The first kappa shape index (κ1) is 26.5. The molecule has 1 aliphatic rings. The summed E-state index contributed by atoms with van der Waals surface area (Å²) >= 11 is 1.32. The lowest BCUT2D eigenvalue weighted by Gasteiger charge is -2.30. The number of unbranched alkanes of at least 4 members (excludes halogenated alkanes) is 5. The van der Waals surface area contributed by atoms with E-state index in [4.69, 9.17) is 4.74 Å². The van der Waals surface area contributed by atoms with Crippen LogP contribution >= 0.6 is 11.8 Å². The van der Waals surface area contributed by atoms with Crippen LogP contribution in [0.3, 0.4) is 0 Å². The standard InChI is InChI=1S/C26H33N3O5S/c1-3-5-6-7-8-9-16-28-24(30)18-35-23-15-12-20(29(32)33)17-22(23)25(28)26(31)27-19-10-13-21(14-11-19)34-4-2/h10-15,17,25H,3-9,16,18H2,1-2H3,(H,27,31). The summed E-state index contributed by atoms with van der Waals surface area (Å²) in [5.41, 5.74) is 0.954. The molecule has 2 amide bonds. The van der Waals surface area contributed by atoms with Gasteiger partial charge in [0.2, 0.25) is 5.91 Å². The Morgan fingerprint density at radius 2 is 1.83 bits per heavy atom. The van der Waals surface area contributed by atoms with Crippen LogP contribution in [0.4, 0.5) is 11.4 Å². The highest BCUT2D eigenvalue weighted by atomic mass is 32.2. The van der Waals surface area contributed by atoms with Crippen molar-refractivity contribution in [2.75, 3.05) is 24.2 Å². The van der Waals surface area contributed by atoms with Crippen LogP contribution in [0.1, 0.15) is 64.0 Å². The number of ether oxygens (including phenoxy) is 1. The average Bonchev–Trinajstić information content (AvgIpc) is 2.98. The summed E-state index contributed by atoms with van der Waals surface area (Å²) < 4.78 is 5.46. The SMILES string of the molecule is CCCCCCCCN1C(=O)CSc2ccc([N+](=O)[O-])cc2C1C(=O)Nc1ccc(OCC)cc1. The number of carbonyl (C=O) groups excluding carboxylic acids is 2. The van der Waals surface area contributed by atoms with E-state index in [-0.39, 0.29) is 17.3 Å². The van der Waals surface area contributed by atoms with Gasteiger partial charge in [-0.05, 0) is 43.7 Å². The number of amides is 2. The molecule has 0 aromatic heterocycles. The predicted molar refractivity (Wildman–Crippen MR) is 138 cm³/mol. The van der Waals surface area contributed by atoms with Crippen molar-refractivity contribution in [2.24, 2.45) is 0 Å². The van der Waals surface area contributed by atoms with Crippen molar-refractivity contribution in [1.29, 1.82) is 0 Å². The topological polar surface area (TPSA) is 102 Å². The van der Waals surface area contributed by atoms with Crippen LogP contribution in [0.5, 0.6) is 5.75 Å². The van der Waals surface area contributed by atoms with E-state index in [0.717, 1.165) is 32.1 Å². The Kier molecular flexibility index (Phi) is 9.96. The van der Waals surface area contributed by atoms with Crippen LogP contribution in [-0.4, -0.2) is 40.5 Å². The number of carbonyl (C=O) groups is 2. The number of anilines is 1. The lowest BCUT2D eigenvalue weighted by atomic mass is 10.0. The number of fused-ring (bicyclic) bond motifs is 1. The number of nitro benzene ring substituents is 1. The van der Waals surface area contributed by atoms with Crippen LogP contribution in [-0.2, 0) is 9.59 Å². The lowest BCUT2D eigenvalue weighted by Crippen LogP contribution is -2.41. The molecule has 35 heavy (non-hydrogen) atoms. The number of benzene rings is 2. The number of nitrogens with zero attached hydrogens (tertiary/aromatic N) is 2. The van der Waals surface area contributed by atoms with Gasteiger partial charge in [-0.2, -0.15) is 0 Å². The number of thioether (sulfide) groups is 1. The minimum Gasteiger partial charge on any atom is -0.494 e. The first-order chi connectivity index (χ1) is 16.9. The number of hydrogen-bond acceptors (Lipinski definition) is 6. The van der Waals surface area contributed by atoms with Crippen LogP contribution in [0.2, 0.25) is 0 Å². The van der Waals surface area contributed by atoms with Crippen LogP contribution in [0.15, 0.2) is 47.4 Å². The van der Waals surface area contributed by atoms with E-state index in [1.807, 2.05) is 6.92 Å². The molecule has 1 aliphatic heterocycles. The summed E-state index contributed by atoms with van der Waals surface area (Å²) in [7, 11) is 0. The summed E-state index contributed by atoms with van der Waals surface area (Å²) in [5.74, 6) is 0.345. The van der Waals surface area contributed by atoms with Gasteiger partial charge in [-0.15, -0.1) is 11.8 Å². The van der Waals surface area contributed by atoms with Crippen molar-refractivity contribution in [3.05, 3.63) is 58.1 Å². The number of nitrogens with one attached hydrogen (secondary N) is 1. The maximum Gasteiger partial charge on any atom is 0.269 e. The molecule has 0 radical (unpaired) electrons. The van der Waals surface area contributed by atoms with Gasteiger partial charge in [0.25, 0.3) is 11.6 Å². The second kappa shape index (κ2) is 13.1. The normalized spacial score (nSPS) is 15.3. The van der Waals surface area contributed by atoms with Crippen molar-refractivity contribution in [2.45, 2.75) is 63.3 Å². The molecule has 3 rings (SSSR count). The molecular weight excluding hydrogens is 466 g/mol. The zero-order valence-corrected chi connectivity index (χ0v) is 21.1. The van der Waals surface area contributed by atoms with Gasteiger partial charge in [-0.3, -0.25) is 19.7 Å². The monoisotopic (exact) mass is 499 g/mol. The van der Waals surface area contributed by atoms with E-state index < -0.39 is 16.9 Å². The van der Waals surface area contributed by atoms with Gasteiger partial charge in [0.1, 0.15) is 11.8 Å². The van der Waals surface area contributed by atoms with E-state index in [2.05, 4.69) is 12.2 Å². The Hall–Kier alpha value is -3.07. The Labute approximate surface area is 210 Å². The van der Waals surface area contributed by atoms with Crippen molar-refractivity contribution >= 4 is 35.0 Å². The maximum absolute atomic E-state index is 13.6. The molecule has 1 atom stereocenters. The Morgan fingerprint density at radius 3 is 2.51 bits per heavy atom. The average molecular weight is 500 g/mol. The molecule has 0 saturated heterocycles. The molecule has 2 aromatic rings. The van der Waals surface area contributed by atoms with Crippen LogP contribution in [0, 0.1) is 10.1 Å². The first-order valence-corrected chi connectivity index (χ1v) is 13.2. The third kappa shape index (κ3) is 7.21. The summed E-state index contributed by atoms with van der Waals surface area (Å²) in [6.45, 7) is 5.02. The molecule has 0 fully saturated rings. The molecule has 1 heterocycles. The number of nitro groups is 1. The Balaban J connectivity index is 1.88. The van der Waals surface area contributed by atoms with Gasteiger partial charge in [-0.1, -0.05) is 39.0 Å². The van der Waals surface area contributed by atoms with Crippen molar-refractivity contribution < 1.29 is 19.2 Å². The molecule has 1 unspecified atom stereocenters. The van der Waals surface area contributed by atoms with Crippen LogP contribution < -0.4 is 10.1 Å². The summed E-state index contributed by atoms with van der Waals surface area (Å²) in [5, 5.41) is 14.4. The molecule has 0 saturated carbocycles. The minimum atomic E-state index is -0.949. The second-order valence-electron chi connectivity index (χ2n) is 8.47. The molecule has 0 spiro atoms. The highest BCUT2D eigenvalue weighted by Gasteiger charge is 2.36. The van der Waals surface area contributed by atoms with Gasteiger partial charge < -0.3 is 15.0 Å².